The van der Waals surface area contributed by atoms with Gasteiger partial charge in [0.1, 0.15) is 29.5 Å². The highest BCUT2D eigenvalue weighted by Crippen LogP contribution is 2.32. The molecule has 7 heteroatoms. The Kier molecular flexibility index (Phi) is 2.94. The number of hydrogen-bond donors (Lipinski definition) is 0. The van der Waals surface area contributed by atoms with Crippen LogP contribution in [-0.4, -0.2) is 26.6 Å². The van der Waals surface area contributed by atoms with Crippen LogP contribution in [0.2, 0.25) is 0 Å². The van der Waals surface area contributed by atoms with E-state index in [4.69, 9.17) is 0 Å². The Morgan fingerprint density at radius 3 is 2.52 bits per heavy atom. The van der Waals surface area contributed by atoms with E-state index in [2.05, 4.69) is 15.2 Å². The molecule has 0 saturated carbocycles. The van der Waals surface area contributed by atoms with Crippen molar-refractivity contribution < 1.29 is 8.78 Å². The highest BCUT2D eigenvalue weighted by Gasteiger charge is 2.19. The van der Waals surface area contributed by atoms with Crippen molar-refractivity contribution in [1.29, 1.82) is 0 Å². The Hall–Kier alpha value is -3.09. The predicted octanol–water partition coefficient (Wildman–Crippen LogP) is 3.32. The summed E-state index contributed by atoms with van der Waals surface area (Å²) in [6.45, 7) is 0. The Morgan fingerprint density at radius 2 is 1.74 bits per heavy atom. The van der Waals surface area contributed by atoms with Crippen LogP contribution in [0.1, 0.15) is 0 Å². The normalized spacial score (nSPS) is 11.3. The molecule has 114 valence electrons. The summed E-state index contributed by atoms with van der Waals surface area (Å²) in [6.07, 6.45) is 1.55. The molecule has 0 fully saturated rings. The molecule has 5 nitrogen and oxygen atoms in total. The third kappa shape index (κ3) is 2.01. The van der Waals surface area contributed by atoms with Crippen molar-refractivity contribution in [2.24, 2.45) is 0 Å². The molecule has 0 radical (unpaired) electrons. The average Bonchev–Trinajstić information content (AvgIpc) is 3.02. The molecule has 2 aromatic carbocycles. The number of hydrogen-bond acceptors (Lipinski definition) is 4. The fraction of sp³-hybridized carbons (Fsp3) is 0.0625. The molecule has 0 saturated heterocycles. The van der Waals surface area contributed by atoms with Gasteiger partial charge in [-0.2, -0.15) is 4.98 Å². The van der Waals surface area contributed by atoms with Gasteiger partial charge < -0.3 is 4.90 Å². The van der Waals surface area contributed by atoms with Crippen LogP contribution < -0.4 is 4.90 Å². The van der Waals surface area contributed by atoms with E-state index in [9.17, 15) is 8.78 Å². The number of benzene rings is 2. The molecule has 2 heterocycles. The maximum atomic E-state index is 14.1. The number of para-hydroxylation sites is 2. The molecule has 4 rings (SSSR count). The summed E-state index contributed by atoms with van der Waals surface area (Å²) in [5.74, 6) is -0.535. The molecular weight excluding hydrogens is 300 g/mol. The predicted molar refractivity (Wildman–Crippen MR) is 82.7 cm³/mol. The molecule has 2 aromatic heterocycles. The van der Waals surface area contributed by atoms with Crippen LogP contribution >= 0.6 is 0 Å². The van der Waals surface area contributed by atoms with Gasteiger partial charge in [-0.05, 0) is 24.3 Å². The number of rotatable bonds is 2. The van der Waals surface area contributed by atoms with Gasteiger partial charge in [0.05, 0.1) is 5.52 Å². The SMILES string of the molecule is CN(c1c(F)cccc1F)c1nc2nncn2c2ccccc12. The molecule has 0 atom stereocenters. The van der Waals surface area contributed by atoms with E-state index in [1.807, 2.05) is 24.3 Å². The fourth-order valence-corrected chi connectivity index (χ4v) is 2.67. The van der Waals surface area contributed by atoms with E-state index in [0.717, 1.165) is 10.9 Å². The first-order valence-electron chi connectivity index (χ1n) is 6.93. The first-order valence-corrected chi connectivity index (χ1v) is 6.93. The van der Waals surface area contributed by atoms with E-state index >= 15 is 0 Å². The Balaban J connectivity index is 2.04. The van der Waals surface area contributed by atoms with Gasteiger partial charge in [0.2, 0.25) is 0 Å². The van der Waals surface area contributed by atoms with Crippen molar-refractivity contribution in [3.8, 4) is 0 Å². The second kappa shape index (κ2) is 4.98. The lowest BCUT2D eigenvalue weighted by atomic mass is 10.2. The number of nitrogens with zero attached hydrogens (tertiary/aromatic N) is 5. The van der Waals surface area contributed by atoms with Gasteiger partial charge >= 0.3 is 0 Å². The summed E-state index contributed by atoms with van der Waals surface area (Å²) in [4.78, 5) is 5.79. The summed E-state index contributed by atoms with van der Waals surface area (Å²) in [7, 11) is 1.57. The number of halogens is 2. The quantitative estimate of drug-likeness (QED) is 0.570. The minimum Gasteiger partial charge on any atom is -0.324 e. The second-order valence-electron chi connectivity index (χ2n) is 5.08. The summed E-state index contributed by atoms with van der Waals surface area (Å²) in [6, 6.07) is 11.2. The van der Waals surface area contributed by atoms with Gasteiger partial charge in [0.25, 0.3) is 5.78 Å². The zero-order valence-electron chi connectivity index (χ0n) is 12.1. The van der Waals surface area contributed by atoms with E-state index in [0.29, 0.717) is 11.6 Å². The van der Waals surface area contributed by atoms with Gasteiger partial charge in [0.15, 0.2) is 0 Å². The van der Waals surface area contributed by atoms with Crippen molar-refractivity contribution in [2.75, 3.05) is 11.9 Å². The van der Waals surface area contributed by atoms with Crippen LogP contribution in [0.3, 0.4) is 0 Å². The fourth-order valence-electron chi connectivity index (χ4n) is 2.67. The van der Waals surface area contributed by atoms with E-state index in [1.54, 1.807) is 17.8 Å². The molecule has 23 heavy (non-hydrogen) atoms. The van der Waals surface area contributed by atoms with Crippen LogP contribution in [0, 0.1) is 11.6 Å². The highest BCUT2D eigenvalue weighted by atomic mass is 19.1. The van der Waals surface area contributed by atoms with Crippen molar-refractivity contribution in [3.63, 3.8) is 0 Å². The molecule has 4 aromatic rings. The zero-order valence-corrected chi connectivity index (χ0v) is 12.1. The topological polar surface area (TPSA) is 46.3 Å². The molecule has 0 aliphatic carbocycles. The van der Waals surface area contributed by atoms with Crippen LogP contribution in [0.5, 0.6) is 0 Å². The third-order valence-electron chi connectivity index (χ3n) is 3.73. The monoisotopic (exact) mass is 311 g/mol. The van der Waals surface area contributed by atoms with Crippen LogP contribution in [0.25, 0.3) is 16.7 Å². The molecule has 0 amide bonds. The second-order valence-corrected chi connectivity index (χ2v) is 5.08. The Bertz CT molecular complexity index is 1010. The summed E-state index contributed by atoms with van der Waals surface area (Å²) < 4.78 is 29.9. The molecular formula is C16H11F2N5. The van der Waals surface area contributed by atoms with Gasteiger partial charge in [-0.25, -0.2) is 8.78 Å². The minimum atomic E-state index is -0.653. The van der Waals surface area contributed by atoms with Crippen molar-refractivity contribution >= 4 is 28.2 Å². The Morgan fingerprint density at radius 1 is 1.00 bits per heavy atom. The van der Waals surface area contributed by atoms with Crippen molar-refractivity contribution in [1.82, 2.24) is 19.6 Å². The smallest absolute Gasteiger partial charge is 0.257 e. The summed E-state index contributed by atoms with van der Waals surface area (Å²) >= 11 is 0. The standard InChI is InChI=1S/C16H11F2N5/c1-22(14-11(17)6-4-7-12(14)18)15-10-5-2-3-8-13(10)23-9-19-21-16(23)20-15/h2-9H,1H3. The van der Waals surface area contributed by atoms with E-state index in [-0.39, 0.29) is 5.69 Å². The zero-order chi connectivity index (χ0) is 16.0. The van der Waals surface area contributed by atoms with E-state index in [1.165, 1.54) is 23.1 Å². The maximum absolute atomic E-state index is 14.1. The summed E-state index contributed by atoms with van der Waals surface area (Å²) in [5.41, 5.74) is 0.648. The number of anilines is 2. The molecule has 0 unspecified atom stereocenters. The van der Waals surface area contributed by atoms with Crippen LogP contribution in [0.15, 0.2) is 48.8 Å². The molecule has 0 aliphatic rings. The average molecular weight is 311 g/mol. The first-order chi connectivity index (χ1) is 11.2. The van der Waals surface area contributed by atoms with Crippen molar-refractivity contribution in [3.05, 3.63) is 60.4 Å². The molecule has 0 bridgehead atoms. The molecule has 0 spiro atoms. The van der Waals surface area contributed by atoms with Gasteiger partial charge in [0, 0.05) is 12.4 Å². The lowest BCUT2D eigenvalue weighted by Gasteiger charge is -2.21. The highest BCUT2D eigenvalue weighted by molar-refractivity contribution is 5.93. The molecule has 0 N–H and O–H groups in total. The lowest BCUT2D eigenvalue weighted by molar-refractivity contribution is 0.583. The minimum absolute atomic E-state index is 0.158. The lowest BCUT2D eigenvalue weighted by Crippen LogP contribution is -2.16. The molecule has 0 aliphatic heterocycles. The third-order valence-corrected chi connectivity index (χ3v) is 3.73. The van der Waals surface area contributed by atoms with Gasteiger partial charge in [-0.15, -0.1) is 10.2 Å². The van der Waals surface area contributed by atoms with E-state index < -0.39 is 11.6 Å². The van der Waals surface area contributed by atoms with Crippen LogP contribution in [0.4, 0.5) is 20.3 Å². The number of aromatic nitrogens is 4. The summed E-state index contributed by atoms with van der Waals surface area (Å²) in [5, 5.41) is 8.52. The van der Waals surface area contributed by atoms with Crippen molar-refractivity contribution in [2.45, 2.75) is 0 Å². The van der Waals surface area contributed by atoms with Gasteiger partial charge in [-0.1, -0.05) is 18.2 Å². The van der Waals surface area contributed by atoms with Gasteiger partial charge in [-0.3, -0.25) is 4.40 Å². The largest absolute Gasteiger partial charge is 0.324 e. The van der Waals surface area contributed by atoms with Crippen LogP contribution in [-0.2, 0) is 0 Å². The Labute approximate surface area is 129 Å². The first kappa shape index (κ1) is 13.6. The number of fused-ring (bicyclic) bond motifs is 3. The maximum Gasteiger partial charge on any atom is 0.257 e.